The first-order valence-electron chi connectivity index (χ1n) is 7.25. The summed E-state index contributed by atoms with van der Waals surface area (Å²) in [6.45, 7) is 6.69. The van der Waals surface area contributed by atoms with Crippen LogP contribution < -0.4 is 10.1 Å². The topological polar surface area (TPSA) is 64.9 Å². The van der Waals surface area contributed by atoms with Gasteiger partial charge >= 0.3 is 0 Å². The third kappa shape index (κ3) is 2.47. The molecule has 0 fully saturated rings. The quantitative estimate of drug-likeness (QED) is 0.801. The van der Waals surface area contributed by atoms with E-state index < -0.39 is 0 Å². The number of nitrogens with zero attached hydrogens (tertiary/aromatic N) is 4. The van der Waals surface area contributed by atoms with Gasteiger partial charge in [-0.3, -0.25) is 4.68 Å². The van der Waals surface area contributed by atoms with Gasteiger partial charge in [0.25, 0.3) is 0 Å². The van der Waals surface area contributed by atoms with E-state index in [-0.39, 0.29) is 0 Å². The maximum absolute atomic E-state index is 5.18. The van der Waals surface area contributed by atoms with Crippen LogP contribution in [0, 0.1) is 13.8 Å². The summed E-state index contributed by atoms with van der Waals surface area (Å²) < 4.78 is 7.11. The van der Waals surface area contributed by atoms with Gasteiger partial charge < -0.3 is 10.1 Å². The van der Waals surface area contributed by atoms with Crippen molar-refractivity contribution in [3.8, 4) is 5.75 Å². The molecule has 2 heterocycles. The van der Waals surface area contributed by atoms with Crippen LogP contribution in [-0.2, 0) is 6.54 Å². The number of anilines is 2. The van der Waals surface area contributed by atoms with Crippen molar-refractivity contribution in [2.45, 2.75) is 27.3 Å². The standard InChI is InChI=1S/C16H19N5O/c1-5-21-15-14(10(2)20-21)17-11(3)18-16(15)19-12-6-8-13(22-4)9-7-12/h6-9H,5H2,1-4H3,(H,17,18,19). The molecule has 0 atom stereocenters. The number of fused-ring (bicyclic) bond motifs is 1. The van der Waals surface area contributed by atoms with Gasteiger partial charge in [0.1, 0.15) is 22.6 Å². The van der Waals surface area contributed by atoms with Crippen molar-refractivity contribution in [1.82, 2.24) is 19.7 Å². The summed E-state index contributed by atoms with van der Waals surface area (Å²) in [5.41, 5.74) is 3.69. The number of methoxy groups -OCH3 is 1. The number of ether oxygens (including phenoxy) is 1. The van der Waals surface area contributed by atoms with Gasteiger partial charge in [0.15, 0.2) is 5.82 Å². The van der Waals surface area contributed by atoms with Gasteiger partial charge in [0.2, 0.25) is 0 Å². The van der Waals surface area contributed by atoms with Crippen LogP contribution in [0.1, 0.15) is 18.4 Å². The summed E-state index contributed by atoms with van der Waals surface area (Å²) in [5, 5.41) is 7.89. The van der Waals surface area contributed by atoms with Crippen molar-refractivity contribution < 1.29 is 4.74 Å². The summed E-state index contributed by atoms with van der Waals surface area (Å²) in [4.78, 5) is 9.07. The molecular formula is C16H19N5O. The molecule has 2 aromatic heterocycles. The van der Waals surface area contributed by atoms with Gasteiger partial charge in [-0.1, -0.05) is 0 Å². The zero-order chi connectivity index (χ0) is 15.7. The van der Waals surface area contributed by atoms with Crippen LogP contribution in [0.5, 0.6) is 5.75 Å². The van der Waals surface area contributed by atoms with Gasteiger partial charge in [-0.25, -0.2) is 9.97 Å². The predicted octanol–water partition coefficient (Wildman–Crippen LogP) is 3.22. The van der Waals surface area contributed by atoms with Crippen LogP contribution in [0.4, 0.5) is 11.5 Å². The largest absolute Gasteiger partial charge is 0.497 e. The minimum atomic E-state index is 0.724. The molecule has 1 aromatic carbocycles. The Hall–Kier alpha value is -2.63. The molecule has 6 nitrogen and oxygen atoms in total. The molecule has 0 saturated carbocycles. The highest BCUT2D eigenvalue weighted by Crippen LogP contribution is 2.26. The molecule has 0 amide bonds. The third-order valence-corrected chi connectivity index (χ3v) is 3.52. The predicted molar refractivity (Wildman–Crippen MR) is 86.7 cm³/mol. The first kappa shape index (κ1) is 14.3. The summed E-state index contributed by atoms with van der Waals surface area (Å²) in [6.07, 6.45) is 0. The Morgan fingerprint density at radius 3 is 2.50 bits per heavy atom. The van der Waals surface area contributed by atoms with Crippen molar-refractivity contribution in [2.24, 2.45) is 0 Å². The molecule has 22 heavy (non-hydrogen) atoms. The Labute approximate surface area is 129 Å². The van der Waals surface area contributed by atoms with Crippen LogP contribution in [0.15, 0.2) is 24.3 Å². The van der Waals surface area contributed by atoms with Crippen molar-refractivity contribution in [3.05, 3.63) is 35.8 Å². The Morgan fingerprint density at radius 1 is 1.14 bits per heavy atom. The number of aromatic nitrogens is 4. The SMILES string of the molecule is CCn1nc(C)c2nc(C)nc(Nc3ccc(OC)cc3)c21. The Kier molecular flexibility index (Phi) is 3.66. The lowest BCUT2D eigenvalue weighted by Gasteiger charge is -2.10. The first-order chi connectivity index (χ1) is 10.6. The highest BCUT2D eigenvalue weighted by atomic mass is 16.5. The molecule has 0 saturated heterocycles. The van der Waals surface area contributed by atoms with E-state index in [1.807, 2.05) is 42.8 Å². The number of aryl methyl sites for hydroxylation is 3. The van der Waals surface area contributed by atoms with Crippen molar-refractivity contribution >= 4 is 22.5 Å². The van der Waals surface area contributed by atoms with E-state index in [9.17, 15) is 0 Å². The molecule has 3 aromatic rings. The molecule has 114 valence electrons. The lowest BCUT2D eigenvalue weighted by Crippen LogP contribution is -2.03. The number of benzene rings is 1. The molecule has 0 aliphatic heterocycles. The fourth-order valence-corrected chi connectivity index (χ4v) is 2.47. The molecule has 0 aliphatic rings. The summed E-state index contributed by atoms with van der Waals surface area (Å²) in [6, 6.07) is 7.75. The number of hydrogen-bond acceptors (Lipinski definition) is 5. The molecule has 0 radical (unpaired) electrons. The minimum absolute atomic E-state index is 0.724. The van der Waals surface area contributed by atoms with E-state index in [0.717, 1.165) is 46.4 Å². The summed E-state index contributed by atoms with van der Waals surface area (Å²) in [7, 11) is 1.66. The van der Waals surface area contributed by atoms with Crippen LogP contribution in [0.25, 0.3) is 11.0 Å². The highest BCUT2D eigenvalue weighted by Gasteiger charge is 2.15. The van der Waals surface area contributed by atoms with Crippen molar-refractivity contribution in [1.29, 1.82) is 0 Å². The fourth-order valence-electron chi connectivity index (χ4n) is 2.47. The van der Waals surface area contributed by atoms with Gasteiger partial charge in [-0.2, -0.15) is 5.10 Å². The van der Waals surface area contributed by atoms with Crippen LogP contribution in [0.2, 0.25) is 0 Å². The molecule has 1 N–H and O–H groups in total. The zero-order valence-electron chi connectivity index (χ0n) is 13.2. The minimum Gasteiger partial charge on any atom is -0.497 e. The van der Waals surface area contributed by atoms with E-state index in [0.29, 0.717) is 0 Å². The van der Waals surface area contributed by atoms with Gasteiger partial charge in [0.05, 0.1) is 12.8 Å². The average molecular weight is 297 g/mol. The van der Waals surface area contributed by atoms with Gasteiger partial charge in [-0.05, 0) is 45.0 Å². The van der Waals surface area contributed by atoms with Gasteiger partial charge in [-0.15, -0.1) is 0 Å². The average Bonchev–Trinajstić information content (AvgIpc) is 2.84. The van der Waals surface area contributed by atoms with E-state index in [1.54, 1.807) is 7.11 Å². The molecule has 6 heteroatoms. The molecule has 0 bridgehead atoms. The summed E-state index contributed by atoms with van der Waals surface area (Å²) >= 11 is 0. The third-order valence-electron chi connectivity index (χ3n) is 3.52. The zero-order valence-corrected chi connectivity index (χ0v) is 13.2. The van der Waals surface area contributed by atoms with E-state index >= 15 is 0 Å². The van der Waals surface area contributed by atoms with E-state index in [2.05, 4.69) is 27.3 Å². The monoisotopic (exact) mass is 297 g/mol. The maximum atomic E-state index is 5.18. The fraction of sp³-hybridized carbons (Fsp3) is 0.312. The van der Waals surface area contributed by atoms with E-state index in [4.69, 9.17) is 4.74 Å². The normalized spacial score (nSPS) is 10.9. The molecule has 0 aliphatic carbocycles. The van der Waals surface area contributed by atoms with Crippen molar-refractivity contribution in [2.75, 3.05) is 12.4 Å². The maximum Gasteiger partial charge on any atom is 0.160 e. The molecular weight excluding hydrogens is 278 g/mol. The molecule has 0 spiro atoms. The molecule has 3 rings (SSSR count). The van der Waals surface area contributed by atoms with Gasteiger partial charge in [0, 0.05) is 12.2 Å². The number of rotatable bonds is 4. The number of hydrogen-bond donors (Lipinski definition) is 1. The Bertz CT molecular complexity index is 808. The second-order valence-electron chi connectivity index (χ2n) is 5.07. The highest BCUT2D eigenvalue weighted by molar-refractivity contribution is 5.89. The summed E-state index contributed by atoms with van der Waals surface area (Å²) in [5.74, 6) is 2.32. The Morgan fingerprint density at radius 2 is 1.86 bits per heavy atom. The van der Waals surface area contributed by atoms with Crippen LogP contribution in [0.3, 0.4) is 0 Å². The molecule has 0 unspecified atom stereocenters. The lowest BCUT2D eigenvalue weighted by molar-refractivity contribution is 0.415. The second kappa shape index (κ2) is 5.63. The first-order valence-corrected chi connectivity index (χ1v) is 7.25. The van der Waals surface area contributed by atoms with Crippen molar-refractivity contribution in [3.63, 3.8) is 0 Å². The van der Waals surface area contributed by atoms with Crippen LogP contribution in [-0.4, -0.2) is 26.9 Å². The number of nitrogens with one attached hydrogen (secondary N) is 1. The lowest BCUT2D eigenvalue weighted by atomic mass is 10.3. The van der Waals surface area contributed by atoms with Crippen LogP contribution >= 0.6 is 0 Å². The Balaban J connectivity index is 2.08. The smallest absolute Gasteiger partial charge is 0.160 e. The van der Waals surface area contributed by atoms with E-state index in [1.165, 1.54) is 0 Å². The second-order valence-corrected chi connectivity index (χ2v) is 5.07.